The van der Waals surface area contributed by atoms with Crippen LogP contribution in [-0.2, 0) is 0 Å². The summed E-state index contributed by atoms with van der Waals surface area (Å²) in [6, 6.07) is 8.18. The van der Waals surface area contributed by atoms with Crippen molar-refractivity contribution in [2.75, 3.05) is 0 Å². The summed E-state index contributed by atoms with van der Waals surface area (Å²) < 4.78 is 0. The zero-order valence-corrected chi connectivity index (χ0v) is 9.60. The summed E-state index contributed by atoms with van der Waals surface area (Å²) in [5.74, 6) is 0. The third kappa shape index (κ3) is 1.85. The van der Waals surface area contributed by atoms with E-state index < -0.39 is 0 Å². The Kier molecular flexibility index (Phi) is 2.69. The van der Waals surface area contributed by atoms with Gasteiger partial charge >= 0.3 is 0 Å². The molecular weight excluding hydrogens is 204 g/mol. The molecule has 1 aromatic heterocycles. The molecule has 0 aliphatic rings. The molecule has 0 aliphatic heterocycles. The number of carbonyl (C=O) groups is 1. The molecule has 1 heterocycles. The van der Waals surface area contributed by atoms with Gasteiger partial charge in [0.1, 0.15) is 0 Å². The highest BCUT2D eigenvalue weighted by Gasteiger charge is 2.08. The molecule has 0 amide bonds. The van der Waals surface area contributed by atoms with E-state index in [0.29, 0.717) is 0 Å². The van der Waals surface area contributed by atoms with Gasteiger partial charge in [-0.25, -0.2) is 0 Å². The smallest absolute Gasteiger partial charge is 0.151 e. The third-order valence-electron chi connectivity index (χ3n) is 2.45. The van der Waals surface area contributed by atoms with Crippen LogP contribution in [0.1, 0.15) is 21.5 Å². The average Bonchev–Trinajstić information content (AvgIpc) is 2.65. The van der Waals surface area contributed by atoms with Crippen molar-refractivity contribution in [1.82, 2.24) is 0 Å². The summed E-state index contributed by atoms with van der Waals surface area (Å²) in [6.45, 7) is 4.16. The molecule has 2 heteroatoms. The van der Waals surface area contributed by atoms with Crippen LogP contribution in [-0.4, -0.2) is 6.29 Å². The summed E-state index contributed by atoms with van der Waals surface area (Å²) in [4.78, 5) is 11.9. The van der Waals surface area contributed by atoms with Crippen LogP contribution >= 0.6 is 11.3 Å². The first-order chi connectivity index (χ1) is 7.22. The molecule has 0 aliphatic carbocycles. The maximum absolute atomic E-state index is 10.8. The number of rotatable bonds is 2. The van der Waals surface area contributed by atoms with Crippen molar-refractivity contribution in [2.45, 2.75) is 13.8 Å². The van der Waals surface area contributed by atoms with E-state index in [-0.39, 0.29) is 0 Å². The quantitative estimate of drug-likeness (QED) is 0.697. The lowest BCUT2D eigenvalue weighted by molar-refractivity contribution is 0.112. The highest BCUT2D eigenvalue weighted by atomic mass is 32.1. The minimum absolute atomic E-state index is 0.784. The molecule has 0 unspecified atom stereocenters. The van der Waals surface area contributed by atoms with Gasteiger partial charge in [0.25, 0.3) is 0 Å². The fraction of sp³-hybridized carbons (Fsp3) is 0.154. The lowest BCUT2D eigenvalue weighted by Gasteiger charge is -2.05. The number of aryl methyl sites for hydroxylation is 2. The first-order valence-electron chi connectivity index (χ1n) is 4.82. The molecule has 0 fully saturated rings. The van der Waals surface area contributed by atoms with Gasteiger partial charge in [0.2, 0.25) is 0 Å². The van der Waals surface area contributed by atoms with Crippen molar-refractivity contribution in [3.8, 4) is 10.4 Å². The fourth-order valence-corrected chi connectivity index (χ4v) is 2.66. The molecule has 0 saturated carbocycles. The van der Waals surface area contributed by atoms with Crippen LogP contribution in [0.2, 0.25) is 0 Å². The second kappa shape index (κ2) is 3.99. The van der Waals surface area contributed by atoms with Crippen molar-refractivity contribution in [2.24, 2.45) is 0 Å². The van der Waals surface area contributed by atoms with E-state index in [1.807, 2.05) is 11.4 Å². The highest BCUT2D eigenvalue weighted by Crippen LogP contribution is 2.31. The van der Waals surface area contributed by atoms with Crippen LogP contribution in [0, 0.1) is 13.8 Å². The van der Waals surface area contributed by atoms with Crippen LogP contribution in [0.25, 0.3) is 10.4 Å². The molecule has 0 saturated heterocycles. The largest absolute Gasteiger partial charge is 0.298 e. The summed E-state index contributed by atoms with van der Waals surface area (Å²) in [7, 11) is 0. The third-order valence-corrected chi connectivity index (χ3v) is 3.41. The van der Waals surface area contributed by atoms with E-state index in [2.05, 4.69) is 32.0 Å². The molecule has 0 bridgehead atoms. The normalized spacial score (nSPS) is 10.3. The van der Waals surface area contributed by atoms with E-state index in [9.17, 15) is 4.79 Å². The van der Waals surface area contributed by atoms with Gasteiger partial charge in [0.15, 0.2) is 6.29 Å². The fourth-order valence-electron chi connectivity index (χ4n) is 1.70. The molecule has 1 nitrogen and oxygen atoms in total. The zero-order valence-electron chi connectivity index (χ0n) is 8.78. The van der Waals surface area contributed by atoms with Gasteiger partial charge in [-0.1, -0.05) is 23.8 Å². The highest BCUT2D eigenvalue weighted by molar-refractivity contribution is 7.14. The molecule has 0 radical (unpaired) electrons. The topological polar surface area (TPSA) is 17.1 Å². The van der Waals surface area contributed by atoms with Crippen molar-refractivity contribution in [1.29, 1.82) is 0 Å². The lowest BCUT2D eigenvalue weighted by Crippen LogP contribution is -1.85. The molecule has 0 N–H and O–H groups in total. The van der Waals surface area contributed by atoms with E-state index in [1.54, 1.807) is 11.3 Å². The predicted molar refractivity (Wildman–Crippen MR) is 64.6 cm³/mol. The molecule has 2 rings (SSSR count). The van der Waals surface area contributed by atoms with Crippen molar-refractivity contribution >= 4 is 17.6 Å². The SMILES string of the molecule is Cc1ccc(-c2sccc2C=O)c(C)c1. The summed E-state index contributed by atoms with van der Waals surface area (Å²) in [5.41, 5.74) is 4.42. The molecular formula is C13H12OS. The molecule has 1 aromatic carbocycles. The summed E-state index contributed by atoms with van der Waals surface area (Å²) >= 11 is 1.62. The molecule has 2 aromatic rings. The minimum Gasteiger partial charge on any atom is -0.298 e. The van der Waals surface area contributed by atoms with Crippen molar-refractivity contribution in [3.63, 3.8) is 0 Å². The number of benzene rings is 1. The van der Waals surface area contributed by atoms with E-state index >= 15 is 0 Å². The average molecular weight is 216 g/mol. The Morgan fingerprint density at radius 3 is 2.67 bits per heavy atom. The predicted octanol–water partition coefficient (Wildman–Crippen LogP) is 3.84. The van der Waals surface area contributed by atoms with Gasteiger partial charge < -0.3 is 0 Å². The molecule has 0 spiro atoms. The second-order valence-corrected chi connectivity index (χ2v) is 4.56. The molecule has 0 atom stereocenters. The lowest BCUT2D eigenvalue weighted by atomic mass is 10.0. The Morgan fingerprint density at radius 2 is 2.00 bits per heavy atom. The first kappa shape index (κ1) is 10.1. The van der Waals surface area contributed by atoms with Crippen LogP contribution < -0.4 is 0 Å². The van der Waals surface area contributed by atoms with Crippen LogP contribution in [0.15, 0.2) is 29.6 Å². The Balaban J connectivity index is 2.59. The van der Waals surface area contributed by atoms with Gasteiger partial charge in [-0.3, -0.25) is 4.79 Å². The van der Waals surface area contributed by atoms with Gasteiger partial charge in [-0.05, 0) is 36.4 Å². The maximum atomic E-state index is 10.8. The minimum atomic E-state index is 0.784. The number of aldehydes is 1. The number of carbonyl (C=O) groups excluding carboxylic acids is 1. The Bertz CT molecular complexity index is 497. The Morgan fingerprint density at radius 1 is 1.20 bits per heavy atom. The summed E-state index contributed by atoms with van der Waals surface area (Å²) in [5, 5.41) is 1.96. The second-order valence-electron chi connectivity index (χ2n) is 3.64. The van der Waals surface area contributed by atoms with E-state index in [1.165, 1.54) is 11.1 Å². The van der Waals surface area contributed by atoms with Gasteiger partial charge in [0, 0.05) is 10.4 Å². The number of thiophene rings is 1. The van der Waals surface area contributed by atoms with Gasteiger partial charge in [-0.15, -0.1) is 11.3 Å². The number of hydrogen-bond donors (Lipinski definition) is 0. The summed E-state index contributed by atoms with van der Waals surface area (Å²) in [6.07, 6.45) is 0.922. The molecule has 76 valence electrons. The zero-order chi connectivity index (χ0) is 10.8. The van der Waals surface area contributed by atoms with E-state index in [4.69, 9.17) is 0 Å². The maximum Gasteiger partial charge on any atom is 0.151 e. The monoisotopic (exact) mass is 216 g/mol. The van der Waals surface area contributed by atoms with Crippen LogP contribution in [0.5, 0.6) is 0 Å². The van der Waals surface area contributed by atoms with Crippen LogP contribution in [0.3, 0.4) is 0 Å². The Hall–Kier alpha value is -1.41. The van der Waals surface area contributed by atoms with Crippen molar-refractivity contribution in [3.05, 3.63) is 46.3 Å². The van der Waals surface area contributed by atoms with Gasteiger partial charge in [0.05, 0.1) is 0 Å². The Labute approximate surface area is 93.4 Å². The van der Waals surface area contributed by atoms with Crippen molar-refractivity contribution < 1.29 is 4.79 Å². The standard InChI is InChI=1S/C13H12OS/c1-9-3-4-12(10(2)7-9)13-11(8-14)5-6-15-13/h3-8H,1-2H3. The molecule has 15 heavy (non-hydrogen) atoms. The van der Waals surface area contributed by atoms with Crippen LogP contribution in [0.4, 0.5) is 0 Å². The van der Waals surface area contributed by atoms with E-state index in [0.717, 1.165) is 22.3 Å². The van der Waals surface area contributed by atoms with Gasteiger partial charge in [-0.2, -0.15) is 0 Å². The first-order valence-corrected chi connectivity index (χ1v) is 5.70. The number of hydrogen-bond acceptors (Lipinski definition) is 2.